The van der Waals surface area contributed by atoms with Crippen molar-refractivity contribution >= 4 is 5.91 Å². The highest BCUT2D eigenvalue weighted by Crippen LogP contribution is 2.31. The van der Waals surface area contributed by atoms with Crippen molar-refractivity contribution in [3.63, 3.8) is 0 Å². The third kappa shape index (κ3) is 4.51. The molecule has 0 atom stereocenters. The molecular weight excluding hydrogens is 244 g/mol. The van der Waals surface area contributed by atoms with E-state index in [1.165, 1.54) is 0 Å². The van der Waals surface area contributed by atoms with Crippen LogP contribution in [0.5, 0.6) is 11.5 Å². The fourth-order valence-corrected chi connectivity index (χ4v) is 1.70. The number of methoxy groups -OCH3 is 1. The molecule has 0 aliphatic heterocycles. The molecular formula is C14H18N2O3. The zero-order valence-corrected chi connectivity index (χ0v) is 11.2. The molecule has 5 heteroatoms. The number of benzene rings is 1. The molecule has 0 radical (unpaired) electrons. The number of carbonyl (C=O) groups is 1. The van der Waals surface area contributed by atoms with E-state index < -0.39 is 0 Å². The molecule has 0 aromatic heterocycles. The highest BCUT2D eigenvalue weighted by atomic mass is 16.5. The number of nitrogens with one attached hydrogen (secondary N) is 1. The number of nitrogens with zero attached hydrogens (tertiary/aromatic N) is 1. The normalized spacial score (nSPS) is 9.53. The van der Waals surface area contributed by atoms with Gasteiger partial charge in [-0.1, -0.05) is 12.1 Å². The van der Waals surface area contributed by atoms with E-state index >= 15 is 0 Å². The number of carbonyl (C=O) groups excluding carboxylic acids is 1. The fourth-order valence-electron chi connectivity index (χ4n) is 1.70. The van der Waals surface area contributed by atoms with Gasteiger partial charge in [-0.2, -0.15) is 5.26 Å². The van der Waals surface area contributed by atoms with E-state index in [9.17, 15) is 4.79 Å². The van der Waals surface area contributed by atoms with Crippen molar-refractivity contribution in [2.24, 2.45) is 0 Å². The molecule has 0 heterocycles. The molecule has 0 spiro atoms. The summed E-state index contributed by atoms with van der Waals surface area (Å²) in [5.74, 6) is 1.13. The summed E-state index contributed by atoms with van der Waals surface area (Å²) in [6, 6.07) is 7.46. The molecule has 0 aliphatic carbocycles. The van der Waals surface area contributed by atoms with Crippen LogP contribution in [0.25, 0.3) is 0 Å². The van der Waals surface area contributed by atoms with E-state index in [2.05, 4.69) is 5.32 Å². The molecule has 1 rings (SSSR count). The number of ether oxygens (including phenoxy) is 2. The van der Waals surface area contributed by atoms with Crippen LogP contribution in [0.2, 0.25) is 0 Å². The summed E-state index contributed by atoms with van der Waals surface area (Å²) in [6.07, 6.45) is 0.514. The molecule has 1 N–H and O–H groups in total. The van der Waals surface area contributed by atoms with Gasteiger partial charge in [0.2, 0.25) is 5.91 Å². The van der Waals surface area contributed by atoms with Gasteiger partial charge in [0.25, 0.3) is 0 Å². The van der Waals surface area contributed by atoms with Crippen LogP contribution in [0.3, 0.4) is 0 Å². The van der Waals surface area contributed by atoms with Crippen molar-refractivity contribution in [3.8, 4) is 17.6 Å². The fraction of sp³-hybridized carbons (Fsp3) is 0.429. The first kappa shape index (κ1) is 14.8. The Morgan fingerprint density at radius 1 is 1.47 bits per heavy atom. The van der Waals surface area contributed by atoms with Gasteiger partial charge in [-0.05, 0) is 25.0 Å². The van der Waals surface area contributed by atoms with Gasteiger partial charge in [0.1, 0.15) is 6.42 Å². The number of hydrogen-bond donors (Lipinski definition) is 1. The van der Waals surface area contributed by atoms with Gasteiger partial charge in [0, 0.05) is 6.54 Å². The standard InChI is InChI=1S/C14H18N2O3/c1-3-19-14-11(5-4-6-12(14)18-2)8-10-16-13(17)7-9-15/h4-6H,3,7-8,10H2,1-2H3,(H,16,17). The van der Waals surface area contributed by atoms with Crippen LogP contribution < -0.4 is 14.8 Å². The van der Waals surface area contributed by atoms with Gasteiger partial charge in [0.15, 0.2) is 11.5 Å². The summed E-state index contributed by atoms with van der Waals surface area (Å²) in [7, 11) is 1.59. The summed E-state index contributed by atoms with van der Waals surface area (Å²) in [4.78, 5) is 11.2. The van der Waals surface area contributed by atoms with Gasteiger partial charge < -0.3 is 14.8 Å². The largest absolute Gasteiger partial charge is 0.493 e. The second kappa shape index (κ2) is 7.98. The van der Waals surface area contributed by atoms with Crippen LogP contribution in [-0.4, -0.2) is 26.2 Å². The predicted octanol–water partition coefficient (Wildman–Crippen LogP) is 1.67. The Balaban J connectivity index is 2.67. The van der Waals surface area contributed by atoms with Crippen LogP contribution in [0.15, 0.2) is 18.2 Å². The zero-order chi connectivity index (χ0) is 14.1. The first-order chi connectivity index (χ1) is 9.22. The van der Waals surface area contributed by atoms with Crippen molar-refractivity contribution in [1.29, 1.82) is 5.26 Å². The number of amides is 1. The Kier molecular flexibility index (Phi) is 6.23. The monoisotopic (exact) mass is 262 g/mol. The lowest BCUT2D eigenvalue weighted by Gasteiger charge is -2.14. The van der Waals surface area contributed by atoms with Crippen molar-refractivity contribution in [2.45, 2.75) is 19.8 Å². The summed E-state index contributed by atoms with van der Waals surface area (Å²) >= 11 is 0. The van der Waals surface area contributed by atoms with Crippen LogP contribution in [0.1, 0.15) is 18.9 Å². The maximum absolute atomic E-state index is 11.2. The predicted molar refractivity (Wildman–Crippen MR) is 71.1 cm³/mol. The van der Waals surface area contributed by atoms with Crippen LogP contribution in [0.4, 0.5) is 0 Å². The van der Waals surface area contributed by atoms with Crippen molar-refractivity contribution in [3.05, 3.63) is 23.8 Å². The average Bonchev–Trinajstić information content (AvgIpc) is 2.41. The first-order valence-corrected chi connectivity index (χ1v) is 6.15. The first-order valence-electron chi connectivity index (χ1n) is 6.15. The highest BCUT2D eigenvalue weighted by Gasteiger charge is 2.10. The minimum absolute atomic E-state index is 0.115. The molecule has 1 amide bonds. The van der Waals surface area contributed by atoms with Gasteiger partial charge in [-0.15, -0.1) is 0 Å². The molecule has 19 heavy (non-hydrogen) atoms. The Morgan fingerprint density at radius 3 is 2.89 bits per heavy atom. The number of rotatable bonds is 7. The second-order valence-corrected chi connectivity index (χ2v) is 3.82. The lowest BCUT2D eigenvalue weighted by atomic mass is 10.1. The molecule has 0 bridgehead atoms. The minimum Gasteiger partial charge on any atom is -0.493 e. The van der Waals surface area contributed by atoms with Gasteiger partial charge >= 0.3 is 0 Å². The van der Waals surface area contributed by atoms with Crippen LogP contribution in [0, 0.1) is 11.3 Å². The maximum Gasteiger partial charge on any atom is 0.234 e. The summed E-state index contributed by atoms with van der Waals surface area (Å²) in [5, 5.41) is 11.1. The zero-order valence-electron chi connectivity index (χ0n) is 11.2. The minimum atomic E-state index is -0.261. The third-order valence-corrected chi connectivity index (χ3v) is 2.53. The van der Waals surface area contributed by atoms with Crippen molar-refractivity contribution < 1.29 is 14.3 Å². The van der Waals surface area contributed by atoms with E-state index in [0.29, 0.717) is 31.1 Å². The molecule has 102 valence electrons. The molecule has 1 aromatic carbocycles. The highest BCUT2D eigenvalue weighted by molar-refractivity contribution is 5.77. The average molecular weight is 262 g/mol. The Bertz CT molecular complexity index is 466. The lowest BCUT2D eigenvalue weighted by molar-refractivity contribution is -0.120. The Labute approximate surface area is 113 Å². The second-order valence-electron chi connectivity index (χ2n) is 3.82. The van der Waals surface area contributed by atoms with Crippen LogP contribution >= 0.6 is 0 Å². The Morgan fingerprint density at radius 2 is 2.26 bits per heavy atom. The third-order valence-electron chi connectivity index (χ3n) is 2.53. The van der Waals surface area contributed by atoms with Crippen molar-refractivity contribution in [2.75, 3.05) is 20.3 Å². The molecule has 0 saturated heterocycles. The molecule has 1 aromatic rings. The van der Waals surface area contributed by atoms with Gasteiger partial charge in [0.05, 0.1) is 19.8 Å². The molecule has 0 saturated carbocycles. The number of hydrogen-bond acceptors (Lipinski definition) is 4. The van der Waals surface area contributed by atoms with E-state index in [-0.39, 0.29) is 12.3 Å². The lowest BCUT2D eigenvalue weighted by Crippen LogP contribution is -2.25. The maximum atomic E-state index is 11.2. The smallest absolute Gasteiger partial charge is 0.234 e. The number of nitriles is 1. The van der Waals surface area contributed by atoms with Crippen LogP contribution in [-0.2, 0) is 11.2 Å². The summed E-state index contributed by atoms with van der Waals surface area (Å²) < 4.78 is 10.8. The van der Waals surface area contributed by atoms with Gasteiger partial charge in [-0.3, -0.25) is 4.79 Å². The van der Waals surface area contributed by atoms with Gasteiger partial charge in [-0.25, -0.2) is 0 Å². The SMILES string of the molecule is CCOc1c(CCNC(=O)CC#N)cccc1OC. The van der Waals surface area contributed by atoms with E-state index in [4.69, 9.17) is 14.7 Å². The summed E-state index contributed by atoms with van der Waals surface area (Å²) in [5.41, 5.74) is 0.971. The van der Waals surface area contributed by atoms with E-state index in [1.807, 2.05) is 31.2 Å². The molecule has 0 aliphatic rings. The quantitative estimate of drug-likeness (QED) is 0.811. The molecule has 5 nitrogen and oxygen atoms in total. The molecule has 0 unspecified atom stereocenters. The topological polar surface area (TPSA) is 71.3 Å². The summed E-state index contributed by atoms with van der Waals surface area (Å²) in [6.45, 7) is 2.92. The number of para-hydroxylation sites is 1. The van der Waals surface area contributed by atoms with Crippen molar-refractivity contribution in [1.82, 2.24) is 5.32 Å². The van der Waals surface area contributed by atoms with E-state index in [0.717, 1.165) is 5.56 Å². The van der Waals surface area contributed by atoms with E-state index in [1.54, 1.807) is 7.11 Å². The molecule has 0 fully saturated rings. The Hall–Kier alpha value is -2.22.